The summed E-state index contributed by atoms with van der Waals surface area (Å²) >= 11 is 0. The van der Waals surface area contributed by atoms with E-state index in [0.717, 1.165) is 24.8 Å². The van der Waals surface area contributed by atoms with Crippen molar-refractivity contribution in [3.05, 3.63) is 35.6 Å². The van der Waals surface area contributed by atoms with Gasteiger partial charge in [-0.2, -0.15) is 0 Å². The van der Waals surface area contributed by atoms with E-state index in [1.54, 1.807) is 18.0 Å². The second kappa shape index (κ2) is 5.17. The molecule has 0 spiro atoms. The highest BCUT2D eigenvalue weighted by Crippen LogP contribution is 2.48. The van der Waals surface area contributed by atoms with Crippen molar-refractivity contribution >= 4 is 5.91 Å². The van der Waals surface area contributed by atoms with E-state index in [4.69, 9.17) is 0 Å². The van der Waals surface area contributed by atoms with Crippen LogP contribution < -0.4 is 0 Å². The van der Waals surface area contributed by atoms with Gasteiger partial charge in [-0.1, -0.05) is 12.1 Å². The molecule has 0 bridgehead atoms. The van der Waals surface area contributed by atoms with Crippen LogP contribution in [0, 0.1) is 17.7 Å². The largest absolute Gasteiger partial charge is 0.391 e. The average molecular weight is 277 g/mol. The Hall–Kier alpha value is -1.42. The van der Waals surface area contributed by atoms with Gasteiger partial charge in [0.2, 0.25) is 5.91 Å². The van der Waals surface area contributed by atoms with Crippen molar-refractivity contribution in [3.63, 3.8) is 0 Å². The maximum absolute atomic E-state index is 13.2. The molecule has 1 amide bonds. The summed E-state index contributed by atoms with van der Waals surface area (Å²) in [6.07, 6.45) is 2.53. The van der Waals surface area contributed by atoms with Crippen molar-refractivity contribution in [1.29, 1.82) is 0 Å². The smallest absolute Gasteiger partial charge is 0.226 e. The number of carbonyl (C=O) groups excluding carboxylic acids is 1. The quantitative estimate of drug-likeness (QED) is 0.896. The lowest BCUT2D eigenvalue weighted by Gasteiger charge is -2.21. The number of halogens is 1. The molecule has 0 unspecified atom stereocenters. The number of aliphatic hydroxyl groups excluding tert-OH is 1. The number of nitrogens with zero attached hydrogens (tertiary/aromatic N) is 1. The summed E-state index contributed by atoms with van der Waals surface area (Å²) in [5, 5.41) is 9.89. The fraction of sp³-hybridized carbons (Fsp3) is 0.562. The monoisotopic (exact) mass is 277 g/mol. The maximum atomic E-state index is 13.2. The molecule has 0 saturated heterocycles. The van der Waals surface area contributed by atoms with E-state index in [-0.39, 0.29) is 23.6 Å². The lowest BCUT2D eigenvalue weighted by atomic mass is 10.1. The molecule has 2 fully saturated rings. The van der Waals surface area contributed by atoms with Crippen LogP contribution in [0.4, 0.5) is 4.39 Å². The molecule has 2 aliphatic rings. The zero-order valence-corrected chi connectivity index (χ0v) is 11.6. The minimum Gasteiger partial charge on any atom is -0.391 e. The van der Waals surface area contributed by atoms with Crippen molar-refractivity contribution in [1.82, 2.24) is 4.90 Å². The molecule has 3 rings (SSSR count). The van der Waals surface area contributed by atoms with E-state index < -0.39 is 6.10 Å². The number of amides is 1. The van der Waals surface area contributed by atoms with E-state index >= 15 is 0 Å². The first-order valence-corrected chi connectivity index (χ1v) is 7.24. The van der Waals surface area contributed by atoms with Crippen LogP contribution in [0.1, 0.15) is 30.7 Å². The van der Waals surface area contributed by atoms with Gasteiger partial charge >= 0.3 is 0 Å². The molecule has 0 aliphatic heterocycles. The molecule has 2 saturated carbocycles. The first-order chi connectivity index (χ1) is 9.56. The van der Waals surface area contributed by atoms with Gasteiger partial charge in [-0.15, -0.1) is 0 Å². The van der Waals surface area contributed by atoms with Crippen LogP contribution in [0.2, 0.25) is 0 Å². The third-order valence-electron chi connectivity index (χ3n) is 4.39. The van der Waals surface area contributed by atoms with Crippen LogP contribution in [0.25, 0.3) is 0 Å². The Morgan fingerprint density at radius 1 is 1.50 bits per heavy atom. The van der Waals surface area contributed by atoms with Crippen LogP contribution in [0.5, 0.6) is 0 Å². The van der Waals surface area contributed by atoms with Gasteiger partial charge in [0, 0.05) is 19.5 Å². The summed E-state index contributed by atoms with van der Waals surface area (Å²) in [5.41, 5.74) is 0.902. The second-order valence-electron chi connectivity index (χ2n) is 6.13. The summed E-state index contributed by atoms with van der Waals surface area (Å²) in [7, 11) is 1.74. The van der Waals surface area contributed by atoms with Crippen molar-refractivity contribution < 1.29 is 14.3 Å². The summed E-state index contributed by atoms with van der Waals surface area (Å²) < 4.78 is 13.2. The zero-order chi connectivity index (χ0) is 14.3. The number of benzene rings is 1. The summed E-state index contributed by atoms with van der Waals surface area (Å²) in [5.74, 6) is 0.285. The zero-order valence-electron chi connectivity index (χ0n) is 11.6. The minimum atomic E-state index is -0.393. The van der Waals surface area contributed by atoms with Crippen molar-refractivity contribution in [2.24, 2.45) is 11.8 Å². The normalized spacial score (nSPS) is 26.1. The predicted molar refractivity (Wildman–Crippen MR) is 73.6 cm³/mol. The second-order valence-corrected chi connectivity index (χ2v) is 6.13. The van der Waals surface area contributed by atoms with Gasteiger partial charge in [0.1, 0.15) is 5.82 Å². The standard InChI is InChI=1S/C16H20FNO2/c1-18(9-15(19)10-5-6-10)16(20)14-8-13(14)11-3-2-4-12(17)7-11/h2-4,7,10,13-15,19H,5-6,8-9H2,1H3/t13-,14+,15-/m0/s1. The van der Waals surface area contributed by atoms with Gasteiger partial charge < -0.3 is 10.0 Å². The molecule has 1 aromatic carbocycles. The van der Waals surface area contributed by atoms with Crippen molar-refractivity contribution in [2.45, 2.75) is 31.3 Å². The third kappa shape index (κ3) is 2.85. The summed E-state index contributed by atoms with van der Waals surface area (Å²) in [6, 6.07) is 6.49. The first kappa shape index (κ1) is 13.6. The van der Waals surface area contributed by atoms with Crippen molar-refractivity contribution in [3.8, 4) is 0 Å². The minimum absolute atomic E-state index is 0.0480. The first-order valence-electron chi connectivity index (χ1n) is 7.24. The summed E-state index contributed by atoms with van der Waals surface area (Å²) in [6.45, 7) is 0.413. The topological polar surface area (TPSA) is 40.5 Å². The molecule has 1 N–H and O–H groups in total. The third-order valence-corrected chi connectivity index (χ3v) is 4.39. The highest BCUT2D eigenvalue weighted by atomic mass is 19.1. The number of aliphatic hydroxyl groups is 1. The number of likely N-dealkylation sites (N-methyl/N-ethyl adjacent to an activating group) is 1. The molecule has 0 heterocycles. The van der Waals surface area contributed by atoms with Gasteiger partial charge in [0.05, 0.1) is 6.10 Å². The molecule has 3 nitrogen and oxygen atoms in total. The highest BCUT2D eigenvalue weighted by molar-refractivity contribution is 5.82. The Morgan fingerprint density at radius 2 is 2.25 bits per heavy atom. The van der Waals surface area contributed by atoms with Gasteiger partial charge in [-0.05, 0) is 48.8 Å². The van der Waals surface area contributed by atoms with Crippen LogP contribution >= 0.6 is 0 Å². The van der Waals surface area contributed by atoms with Crippen LogP contribution in [-0.4, -0.2) is 35.6 Å². The van der Waals surface area contributed by atoms with E-state index in [9.17, 15) is 14.3 Å². The van der Waals surface area contributed by atoms with Crippen LogP contribution in [0.15, 0.2) is 24.3 Å². The lowest BCUT2D eigenvalue weighted by Crippen LogP contribution is -2.36. The van der Waals surface area contributed by atoms with Gasteiger partial charge in [0.15, 0.2) is 0 Å². The van der Waals surface area contributed by atoms with Gasteiger partial charge in [-0.25, -0.2) is 4.39 Å². The Morgan fingerprint density at radius 3 is 2.90 bits per heavy atom. The molecule has 0 radical (unpaired) electrons. The molecule has 2 aliphatic carbocycles. The fourth-order valence-corrected chi connectivity index (χ4v) is 2.86. The number of hydrogen-bond acceptors (Lipinski definition) is 2. The summed E-state index contributed by atoms with van der Waals surface area (Å²) in [4.78, 5) is 13.9. The molecule has 0 aromatic heterocycles. The fourth-order valence-electron chi connectivity index (χ4n) is 2.86. The number of rotatable bonds is 5. The highest BCUT2D eigenvalue weighted by Gasteiger charge is 2.45. The van der Waals surface area contributed by atoms with E-state index in [1.807, 2.05) is 6.07 Å². The van der Waals surface area contributed by atoms with E-state index in [1.165, 1.54) is 12.1 Å². The SMILES string of the molecule is CN(C[C@H](O)C1CC1)C(=O)[C@@H]1C[C@H]1c1cccc(F)c1. The predicted octanol–water partition coefficient (Wildman–Crippen LogP) is 2.16. The molecule has 1 aromatic rings. The van der Waals surface area contributed by atoms with E-state index in [0.29, 0.717) is 12.5 Å². The Bertz CT molecular complexity index is 515. The average Bonchev–Trinajstić information content (AvgIpc) is 3.29. The van der Waals surface area contributed by atoms with Crippen LogP contribution in [-0.2, 0) is 4.79 Å². The van der Waals surface area contributed by atoms with E-state index in [2.05, 4.69) is 0 Å². The maximum Gasteiger partial charge on any atom is 0.226 e. The number of hydrogen-bond donors (Lipinski definition) is 1. The number of carbonyl (C=O) groups is 1. The molecule has 108 valence electrons. The molecular weight excluding hydrogens is 257 g/mol. The molecule has 3 atom stereocenters. The van der Waals surface area contributed by atoms with Gasteiger partial charge in [-0.3, -0.25) is 4.79 Å². The van der Waals surface area contributed by atoms with Crippen LogP contribution in [0.3, 0.4) is 0 Å². The Kier molecular flexibility index (Phi) is 3.50. The lowest BCUT2D eigenvalue weighted by molar-refractivity contribution is -0.132. The molecule has 20 heavy (non-hydrogen) atoms. The Balaban J connectivity index is 1.56. The van der Waals surface area contributed by atoms with Crippen molar-refractivity contribution in [2.75, 3.05) is 13.6 Å². The molecular formula is C16H20FNO2. The molecule has 4 heteroatoms. The van der Waals surface area contributed by atoms with Gasteiger partial charge in [0.25, 0.3) is 0 Å². The Labute approximate surface area is 118 Å².